The topological polar surface area (TPSA) is 24.9 Å². The number of pyridine rings is 1. The molecule has 88 valence electrons. The Labute approximate surface area is 108 Å². The third-order valence-corrected chi connectivity index (χ3v) is 3.01. The first-order chi connectivity index (χ1) is 8.16. The van der Waals surface area contributed by atoms with Gasteiger partial charge in [0.05, 0.1) is 11.9 Å². The highest BCUT2D eigenvalue weighted by Crippen LogP contribution is 2.18. The quantitative estimate of drug-likeness (QED) is 0.928. The van der Waals surface area contributed by atoms with Crippen molar-refractivity contribution in [3.8, 4) is 0 Å². The molecule has 2 nitrogen and oxygen atoms in total. The second-order valence-electron chi connectivity index (χ2n) is 3.78. The summed E-state index contributed by atoms with van der Waals surface area (Å²) in [5, 5.41) is 3.17. The molecule has 0 spiro atoms. The lowest BCUT2D eigenvalue weighted by atomic mass is 10.2. The number of halogens is 2. The summed E-state index contributed by atoms with van der Waals surface area (Å²) in [6.45, 7) is 2.43. The normalized spacial score (nSPS) is 10.3. The molecule has 0 aliphatic rings. The number of hydrogen-bond donors (Lipinski definition) is 1. The second-order valence-corrected chi connectivity index (χ2v) is 4.70. The van der Waals surface area contributed by atoms with Crippen LogP contribution in [0.15, 0.2) is 41.1 Å². The minimum absolute atomic E-state index is 0.206. The summed E-state index contributed by atoms with van der Waals surface area (Å²) in [4.78, 5) is 4.03. The van der Waals surface area contributed by atoms with Gasteiger partial charge in [-0.3, -0.25) is 4.98 Å². The average molecular weight is 295 g/mol. The first-order valence-corrected chi connectivity index (χ1v) is 6.04. The van der Waals surface area contributed by atoms with Crippen molar-refractivity contribution in [2.75, 3.05) is 5.32 Å². The van der Waals surface area contributed by atoms with Crippen LogP contribution in [0.5, 0.6) is 0 Å². The Morgan fingerprint density at radius 3 is 2.94 bits per heavy atom. The molecule has 0 bridgehead atoms. The molecular weight excluding hydrogens is 283 g/mol. The molecule has 0 fully saturated rings. The zero-order chi connectivity index (χ0) is 12.3. The van der Waals surface area contributed by atoms with E-state index in [0.29, 0.717) is 12.1 Å². The summed E-state index contributed by atoms with van der Waals surface area (Å²) in [6.07, 6.45) is 3.48. The number of aryl methyl sites for hydroxylation is 1. The van der Waals surface area contributed by atoms with E-state index in [4.69, 9.17) is 0 Å². The Morgan fingerprint density at radius 2 is 2.18 bits per heavy atom. The van der Waals surface area contributed by atoms with Crippen molar-refractivity contribution in [2.24, 2.45) is 0 Å². The molecule has 0 radical (unpaired) electrons. The fourth-order valence-electron chi connectivity index (χ4n) is 1.52. The van der Waals surface area contributed by atoms with Crippen LogP contribution in [0.25, 0.3) is 0 Å². The van der Waals surface area contributed by atoms with Crippen LogP contribution in [0.3, 0.4) is 0 Å². The first-order valence-electron chi connectivity index (χ1n) is 5.25. The van der Waals surface area contributed by atoms with E-state index in [0.717, 1.165) is 15.7 Å². The molecule has 4 heteroatoms. The third kappa shape index (κ3) is 3.03. The number of benzene rings is 1. The first kappa shape index (κ1) is 12.0. The van der Waals surface area contributed by atoms with Crippen LogP contribution < -0.4 is 5.32 Å². The summed E-state index contributed by atoms with van der Waals surface area (Å²) in [5.41, 5.74) is 2.64. The van der Waals surface area contributed by atoms with E-state index in [2.05, 4.69) is 26.2 Å². The van der Waals surface area contributed by atoms with Crippen molar-refractivity contribution in [3.05, 3.63) is 58.1 Å². The van der Waals surface area contributed by atoms with Crippen molar-refractivity contribution in [2.45, 2.75) is 13.5 Å². The Balaban J connectivity index is 2.12. The van der Waals surface area contributed by atoms with Crippen LogP contribution in [0, 0.1) is 12.7 Å². The van der Waals surface area contributed by atoms with Crippen LogP contribution in [0.1, 0.15) is 11.1 Å². The molecule has 2 aromatic rings. The van der Waals surface area contributed by atoms with Gasteiger partial charge >= 0.3 is 0 Å². The van der Waals surface area contributed by atoms with Crippen LogP contribution >= 0.6 is 15.9 Å². The Hall–Kier alpha value is -1.42. The van der Waals surface area contributed by atoms with Gasteiger partial charge in [0.25, 0.3) is 0 Å². The van der Waals surface area contributed by atoms with Gasteiger partial charge in [-0.25, -0.2) is 4.39 Å². The van der Waals surface area contributed by atoms with Crippen molar-refractivity contribution in [1.82, 2.24) is 4.98 Å². The maximum absolute atomic E-state index is 13.5. The average Bonchev–Trinajstić information content (AvgIpc) is 2.32. The van der Waals surface area contributed by atoms with E-state index in [1.54, 1.807) is 24.5 Å². The molecule has 0 amide bonds. The summed E-state index contributed by atoms with van der Waals surface area (Å²) in [7, 11) is 0. The van der Waals surface area contributed by atoms with Gasteiger partial charge in [-0.1, -0.05) is 15.9 Å². The zero-order valence-electron chi connectivity index (χ0n) is 9.37. The predicted molar refractivity (Wildman–Crippen MR) is 70.4 cm³/mol. The molecule has 1 N–H and O–H groups in total. The van der Waals surface area contributed by atoms with Gasteiger partial charge in [0, 0.05) is 22.8 Å². The lowest BCUT2D eigenvalue weighted by molar-refractivity contribution is 0.612. The van der Waals surface area contributed by atoms with Gasteiger partial charge in [0.1, 0.15) is 5.82 Å². The maximum atomic E-state index is 13.5. The molecule has 1 aromatic heterocycles. The van der Waals surface area contributed by atoms with Crippen LogP contribution in [-0.4, -0.2) is 4.98 Å². The molecule has 0 atom stereocenters. The SMILES string of the molecule is Cc1ccncc1NCc1cc(Br)ccc1F. The standard InChI is InChI=1S/C13H12BrFN2/c1-9-4-5-16-8-13(9)17-7-10-6-11(14)2-3-12(10)15/h2-6,8,17H,7H2,1H3. The molecule has 2 rings (SSSR count). The van der Waals surface area contributed by atoms with E-state index >= 15 is 0 Å². The van der Waals surface area contributed by atoms with E-state index in [-0.39, 0.29) is 5.82 Å². The molecule has 0 saturated carbocycles. The largest absolute Gasteiger partial charge is 0.379 e. The highest BCUT2D eigenvalue weighted by Gasteiger charge is 2.03. The summed E-state index contributed by atoms with van der Waals surface area (Å²) >= 11 is 3.33. The molecule has 0 unspecified atom stereocenters. The van der Waals surface area contributed by atoms with E-state index < -0.39 is 0 Å². The molecule has 1 heterocycles. The highest BCUT2D eigenvalue weighted by molar-refractivity contribution is 9.10. The highest BCUT2D eigenvalue weighted by atomic mass is 79.9. The second kappa shape index (κ2) is 5.27. The minimum Gasteiger partial charge on any atom is -0.379 e. The van der Waals surface area contributed by atoms with Gasteiger partial charge in [-0.15, -0.1) is 0 Å². The van der Waals surface area contributed by atoms with Crippen LogP contribution in [-0.2, 0) is 6.54 Å². The van der Waals surface area contributed by atoms with Gasteiger partial charge in [0.2, 0.25) is 0 Å². The fraction of sp³-hybridized carbons (Fsp3) is 0.154. The lowest BCUT2D eigenvalue weighted by Gasteiger charge is -2.09. The van der Waals surface area contributed by atoms with Crippen molar-refractivity contribution in [1.29, 1.82) is 0 Å². The van der Waals surface area contributed by atoms with Gasteiger partial charge < -0.3 is 5.32 Å². The number of nitrogens with one attached hydrogen (secondary N) is 1. The summed E-state index contributed by atoms with van der Waals surface area (Å²) in [5.74, 6) is -0.206. The van der Waals surface area contributed by atoms with Crippen molar-refractivity contribution < 1.29 is 4.39 Å². The summed E-state index contributed by atoms with van der Waals surface area (Å²) in [6, 6.07) is 6.83. The van der Waals surface area contributed by atoms with Gasteiger partial charge in [0.15, 0.2) is 0 Å². The van der Waals surface area contributed by atoms with E-state index in [1.807, 2.05) is 13.0 Å². The van der Waals surface area contributed by atoms with Crippen molar-refractivity contribution in [3.63, 3.8) is 0 Å². The van der Waals surface area contributed by atoms with Gasteiger partial charge in [-0.05, 0) is 36.8 Å². The number of nitrogens with zero attached hydrogens (tertiary/aromatic N) is 1. The molecule has 17 heavy (non-hydrogen) atoms. The van der Waals surface area contributed by atoms with Gasteiger partial charge in [-0.2, -0.15) is 0 Å². The number of anilines is 1. The Morgan fingerprint density at radius 1 is 1.35 bits per heavy atom. The van der Waals surface area contributed by atoms with Crippen molar-refractivity contribution >= 4 is 21.6 Å². The smallest absolute Gasteiger partial charge is 0.128 e. The predicted octanol–water partition coefficient (Wildman–Crippen LogP) is 3.90. The monoisotopic (exact) mass is 294 g/mol. The Bertz CT molecular complexity index is 529. The fourth-order valence-corrected chi connectivity index (χ4v) is 1.93. The van der Waals surface area contributed by atoms with Crippen LogP contribution in [0.4, 0.5) is 10.1 Å². The van der Waals surface area contributed by atoms with E-state index in [9.17, 15) is 4.39 Å². The molecule has 0 saturated heterocycles. The number of rotatable bonds is 3. The third-order valence-electron chi connectivity index (χ3n) is 2.52. The molecule has 0 aliphatic heterocycles. The summed E-state index contributed by atoms with van der Waals surface area (Å²) < 4.78 is 14.4. The zero-order valence-corrected chi connectivity index (χ0v) is 11.0. The molecular formula is C13H12BrFN2. The Kier molecular flexibility index (Phi) is 3.74. The molecule has 0 aliphatic carbocycles. The number of hydrogen-bond acceptors (Lipinski definition) is 2. The molecule has 1 aromatic carbocycles. The number of aromatic nitrogens is 1. The minimum atomic E-state index is -0.206. The van der Waals surface area contributed by atoms with E-state index in [1.165, 1.54) is 6.07 Å². The van der Waals surface area contributed by atoms with Crippen LogP contribution in [0.2, 0.25) is 0 Å². The lowest BCUT2D eigenvalue weighted by Crippen LogP contribution is -2.03. The maximum Gasteiger partial charge on any atom is 0.128 e.